The second kappa shape index (κ2) is 10.7. The van der Waals surface area contributed by atoms with Gasteiger partial charge >= 0.3 is 12.1 Å². The molecule has 1 atom stereocenters. The summed E-state index contributed by atoms with van der Waals surface area (Å²) in [7, 11) is 0. The van der Waals surface area contributed by atoms with Gasteiger partial charge in [0.25, 0.3) is 0 Å². The third-order valence-corrected chi connectivity index (χ3v) is 8.76. The fourth-order valence-corrected chi connectivity index (χ4v) is 6.84. The van der Waals surface area contributed by atoms with Crippen molar-refractivity contribution in [3.63, 3.8) is 0 Å². The fraction of sp³-hybridized carbons (Fsp3) is 0.424. The molecular formula is C33H35F4NO2. The van der Waals surface area contributed by atoms with Crippen LogP contribution in [-0.4, -0.2) is 29.1 Å². The summed E-state index contributed by atoms with van der Waals surface area (Å²) in [5.41, 5.74) is 1.70. The number of nitrogens with zero attached hydrogens (tertiary/aromatic N) is 1. The maximum absolute atomic E-state index is 14.0. The molecule has 3 aromatic carbocycles. The lowest BCUT2D eigenvalue weighted by molar-refractivity contribution is -0.143. The fourth-order valence-electron chi connectivity index (χ4n) is 6.84. The molecule has 2 aliphatic rings. The first-order valence-corrected chi connectivity index (χ1v) is 14.0. The molecule has 7 heteroatoms. The van der Waals surface area contributed by atoms with Crippen LogP contribution >= 0.6 is 0 Å². The predicted molar refractivity (Wildman–Crippen MR) is 147 cm³/mol. The maximum Gasteiger partial charge on any atom is 0.416 e. The molecule has 1 aliphatic heterocycles. The van der Waals surface area contributed by atoms with E-state index >= 15 is 0 Å². The van der Waals surface area contributed by atoms with E-state index in [4.69, 9.17) is 0 Å². The van der Waals surface area contributed by atoms with Crippen LogP contribution < -0.4 is 0 Å². The quantitative estimate of drug-likeness (QED) is 0.311. The lowest BCUT2D eigenvalue weighted by Crippen LogP contribution is -2.43. The summed E-state index contributed by atoms with van der Waals surface area (Å²) in [6, 6.07) is 16.7. The molecule has 0 aromatic heterocycles. The van der Waals surface area contributed by atoms with E-state index in [1.165, 1.54) is 24.3 Å². The second-order valence-electron chi connectivity index (χ2n) is 12.1. The van der Waals surface area contributed by atoms with Crippen LogP contribution in [0.4, 0.5) is 17.6 Å². The molecular weight excluding hydrogens is 518 g/mol. The van der Waals surface area contributed by atoms with Gasteiger partial charge in [-0.2, -0.15) is 13.2 Å². The van der Waals surface area contributed by atoms with Crippen molar-refractivity contribution >= 4 is 5.97 Å². The Morgan fingerprint density at radius 3 is 2.12 bits per heavy atom. The van der Waals surface area contributed by atoms with Gasteiger partial charge in [0.15, 0.2) is 0 Å². The van der Waals surface area contributed by atoms with E-state index in [9.17, 15) is 27.5 Å². The number of hydrogen-bond acceptors (Lipinski definition) is 2. The molecule has 1 saturated carbocycles. The van der Waals surface area contributed by atoms with Crippen molar-refractivity contribution in [1.29, 1.82) is 0 Å². The minimum absolute atomic E-state index is 0.0381. The van der Waals surface area contributed by atoms with Gasteiger partial charge in [-0.1, -0.05) is 69.2 Å². The highest BCUT2D eigenvalue weighted by Crippen LogP contribution is 2.49. The van der Waals surface area contributed by atoms with Crippen LogP contribution in [0.3, 0.4) is 0 Å². The number of carbonyl (C=O) groups is 1. The molecule has 1 aliphatic carbocycles. The average Bonchev–Trinajstić information content (AvgIpc) is 3.41. The molecule has 0 spiro atoms. The highest BCUT2D eigenvalue weighted by molar-refractivity contribution is 5.87. The van der Waals surface area contributed by atoms with Crippen molar-refractivity contribution in [3.8, 4) is 11.1 Å². The Hall–Kier alpha value is -3.19. The van der Waals surface area contributed by atoms with E-state index in [0.29, 0.717) is 29.5 Å². The van der Waals surface area contributed by atoms with Crippen molar-refractivity contribution in [1.82, 2.24) is 4.90 Å². The van der Waals surface area contributed by atoms with Crippen LogP contribution in [0.25, 0.3) is 11.1 Å². The maximum atomic E-state index is 14.0. The smallest absolute Gasteiger partial charge is 0.416 e. The van der Waals surface area contributed by atoms with Crippen LogP contribution in [0, 0.1) is 11.2 Å². The number of aliphatic carboxylic acids is 1. The van der Waals surface area contributed by atoms with E-state index < -0.39 is 23.1 Å². The Bertz CT molecular complexity index is 1360. The largest absolute Gasteiger partial charge is 0.481 e. The zero-order valence-electron chi connectivity index (χ0n) is 22.9. The van der Waals surface area contributed by atoms with E-state index in [1.807, 2.05) is 18.2 Å². The molecule has 1 saturated heterocycles. The molecule has 5 rings (SSSR count). The van der Waals surface area contributed by atoms with E-state index in [1.54, 1.807) is 12.1 Å². The Morgan fingerprint density at radius 2 is 1.55 bits per heavy atom. The standard InChI is InChI=1S/C33H35F4NO2/c1-31(2)17-6-20-38(21-31)29(23-11-15-25(34)16-12-23)26-7-5-8-27(32(30(39)40)18-3-4-19-32)28(26)22-9-13-24(14-10-22)33(35,36)37/h5,7-16,29H,3-4,6,17-21H2,1-2H3,(H,39,40). The minimum Gasteiger partial charge on any atom is -0.481 e. The molecule has 1 N–H and O–H groups in total. The Balaban J connectivity index is 1.77. The van der Waals surface area contributed by atoms with E-state index in [2.05, 4.69) is 18.7 Å². The van der Waals surface area contributed by atoms with Crippen LogP contribution in [0.2, 0.25) is 0 Å². The highest BCUT2D eigenvalue weighted by atomic mass is 19.4. The van der Waals surface area contributed by atoms with Gasteiger partial charge in [0.05, 0.1) is 17.0 Å². The first-order chi connectivity index (χ1) is 18.9. The number of benzene rings is 3. The summed E-state index contributed by atoms with van der Waals surface area (Å²) in [4.78, 5) is 15.2. The van der Waals surface area contributed by atoms with Gasteiger partial charge in [-0.05, 0) is 89.7 Å². The number of hydrogen-bond donors (Lipinski definition) is 1. The average molecular weight is 554 g/mol. The van der Waals surface area contributed by atoms with Crippen molar-refractivity contribution in [3.05, 3.63) is 94.8 Å². The molecule has 1 unspecified atom stereocenters. The third kappa shape index (κ3) is 5.40. The van der Waals surface area contributed by atoms with Gasteiger partial charge in [0.2, 0.25) is 0 Å². The molecule has 3 aromatic rings. The summed E-state index contributed by atoms with van der Waals surface area (Å²) in [5.74, 6) is -1.26. The van der Waals surface area contributed by atoms with Crippen LogP contribution in [0.5, 0.6) is 0 Å². The molecule has 0 radical (unpaired) electrons. The molecule has 1 heterocycles. The first-order valence-electron chi connectivity index (χ1n) is 14.0. The third-order valence-electron chi connectivity index (χ3n) is 8.76. The Kier molecular flexibility index (Phi) is 7.55. The molecule has 212 valence electrons. The van der Waals surface area contributed by atoms with Gasteiger partial charge in [0, 0.05) is 6.54 Å². The molecule has 0 bridgehead atoms. The topological polar surface area (TPSA) is 40.5 Å². The number of likely N-dealkylation sites (tertiary alicyclic amines) is 1. The SMILES string of the molecule is CC1(C)CCCN(C(c2ccc(F)cc2)c2cccc(C3(C(=O)O)CCCC3)c2-c2ccc(C(F)(F)F)cc2)C1. The van der Waals surface area contributed by atoms with Gasteiger partial charge in [-0.25, -0.2) is 4.39 Å². The second-order valence-corrected chi connectivity index (χ2v) is 12.1. The van der Waals surface area contributed by atoms with Crippen LogP contribution in [0.1, 0.15) is 80.7 Å². The number of carboxylic acid groups (broad SMARTS) is 1. The predicted octanol–water partition coefficient (Wildman–Crippen LogP) is 8.62. The molecule has 3 nitrogen and oxygen atoms in total. The zero-order chi connectivity index (χ0) is 28.7. The van der Waals surface area contributed by atoms with Crippen LogP contribution in [-0.2, 0) is 16.4 Å². The number of rotatable bonds is 6. The summed E-state index contributed by atoms with van der Waals surface area (Å²) in [6.07, 6.45) is 0.0292. The summed E-state index contributed by atoms with van der Waals surface area (Å²) in [5, 5.41) is 10.5. The van der Waals surface area contributed by atoms with Gasteiger partial charge in [-0.3, -0.25) is 9.69 Å². The summed E-state index contributed by atoms with van der Waals surface area (Å²) in [6.45, 7) is 6.00. The number of carboxylic acids is 1. The lowest BCUT2D eigenvalue weighted by atomic mass is 9.72. The first kappa shape index (κ1) is 28.3. The van der Waals surface area contributed by atoms with Gasteiger partial charge < -0.3 is 5.11 Å². The minimum atomic E-state index is -4.48. The van der Waals surface area contributed by atoms with E-state index in [-0.39, 0.29) is 17.3 Å². The molecule has 40 heavy (non-hydrogen) atoms. The van der Waals surface area contributed by atoms with Crippen molar-refractivity contribution in [2.45, 2.75) is 70.0 Å². The van der Waals surface area contributed by atoms with E-state index in [0.717, 1.165) is 62.0 Å². The molecule has 2 fully saturated rings. The van der Waals surface area contributed by atoms with Crippen molar-refractivity contribution in [2.75, 3.05) is 13.1 Å². The lowest BCUT2D eigenvalue weighted by Gasteiger charge is -2.43. The summed E-state index contributed by atoms with van der Waals surface area (Å²) >= 11 is 0. The monoisotopic (exact) mass is 553 g/mol. The van der Waals surface area contributed by atoms with Crippen molar-refractivity contribution in [2.24, 2.45) is 5.41 Å². The normalized spacial score (nSPS) is 19.9. The molecule has 0 amide bonds. The highest BCUT2D eigenvalue weighted by Gasteiger charge is 2.45. The van der Waals surface area contributed by atoms with Crippen LogP contribution in [0.15, 0.2) is 66.7 Å². The van der Waals surface area contributed by atoms with Crippen molar-refractivity contribution < 1.29 is 27.5 Å². The summed E-state index contributed by atoms with van der Waals surface area (Å²) < 4.78 is 54.5. The van der Waals surface area contributed by atoms with Gasteiger partial charge in [-0.15, -0.1) is 0 Å². The van der Waals surface area contributed by atoms with Gasteiger partial charge in [0.1, 0.15) is 5.82 Å². The Labute approximate surface area is 232 Å². The Morgan fingerprint density at radius 1 is 0.900 bits per heavy atom. The zero-order valence-corrected chi connectivity index (χ0v) is 22.9. The number of alkyl halides is 3. The number of piperidine rings is 1. The number of halogens is 4.